The lowest BCUT2D eigenvalue weighted by Crippen LogP contribution is -2.60. The average molecular weight is 534 g/mol. The lowest BCUT2D eigenvalue weighted by molar-refractivity contribution is -0.145. The Hall–Kier alpha value is -3.01. The Morgan fingerprint density at radius 3 is 2.47 bits per heavy atom. The van der Waals surface area contributed by atoms with Crippen LogP contribution in [0.4, 0.5) is 11.4 Å². The van der Waals surface area contributed by atoms with Crippen molar-refractivity contribution in [3.05, 3.63) is 52.5 Å². The number of methoxy groups -OCH3 is 1. The van der Waals surface area contributed by atoms with Crippen LogP contribution >= 0.6 is 23.2 Å². The number of amides is 3. The van der Waals surface area contributed by atoms with Gasteiger partial charge in [-0.25, -0.2) is 0 Å². The van der Waals surface area contributed by atoms with E-state index < -0.39 is 11.9 Å². The molecule has 2 aliphatic rings. The number of hydrogen-bond donors (Lipinski definition) is 2. The van der Waals surface area contributed by atoms with Crippen molar-refractivity contribution >= 4 is 52.3 Å². The molecule has 0 radical (unpaired) electrons. The van der Waals surface area contributed by atoms with Crippen LogP contribution in [-0.2, 0) is 14.4 Å². The molecule has 2 aliphatic heterocycles. The number of piperazine rings is 2. The van der Waals surface area contributed by atoms with Crippen LogP contribution in [0.2, 0.25) is 10.0 Å². The van der Waals surface area contributed by atoms with Crippen molar-refractivity contribution in [3.8, 4) is 5.75 Å². The summed E-state index contributed by atoms with van der Waals surface area (Å²) in [5.41, 5.74) is 1.51. The van der Waals surface area contributed by atoms with Gasteiger partial charge in [0.2, 0.25) is 17.7 Å². The molecule has 0 spiro atoms. The van der Waals surface area contributed by atoms with Crippen LogP contribution in [0.5, 0.6) is 5.75 Å². The van der Waals surface area contributed by atoms with E-state index in [0.717, 1.165) is 24.5 Å². The molecule has 2 N–H and O–H groups in total. The molecule has 2 aromatic rings. The second kappa shape index (κ2) is 11.8. The zero-order valence-corrected chi connectivity index (χ0v) is 21.5. The second-order valence-corrected chi connectivity index (χ2v) is 9.64. The smallest absolute Gasteiger partial charge is 0.243 e. The van der Waals surface area contributed by atoms with E-state index in [0.29, 0.717) is 41.9 Å². The van der Waals surface area contributed by atoms with Gasteiger partial charge in [-0.2, -0.15) is 0 Å². The molecule has 0 saturated carbocycles. The molecule has 1 atom stereocenters. The number of hydrogen-bond acceptors (Lipinski definition) is 6. The van der Waals surface area contributed by atoms with Gasteiger partial charge in [0.15, 0.2) is 0 Å². The van der Waals surface area contributed by atoms with Crippen LogP contribution in [0.3, 0.4) is 0 Å². The molecule has 0 aliphatic carbocycles. The van der Waals surface area contributed by atoms with Crippen molar-refractivity contribution in [2.45, 2.75) is 12.5 Å². The van der Waals surface area contributed by atoms with E-state index in [4.69, 9.17) is 27.9 Å². The highest BCUT2D eigenvalue weighted by molar-refractivity contribution is 6.35. The van der Waals surface area contributed by atoms with Gasteiger partial charge in [-0.15, -0.1) is 0 Å². The Morgan fingerprint density at radius 2 is 1.78 bits per heavy atom. The summed E-state index contributed by atoms with van der Waals surface area (Å²) in [4.78, 5) is 44.3. The third-order valence-electron chi connectivity index (χ3n) is 6.33. The number of carbonyl (C=O) groups is 3. The number of carbonyl (C=O) groups excluding carboxylic acids is 3. The Labute approximate surface area is 220 Å². The lowest BCUT2D eigenvalue weighted by Gasteiger charge is -2.39. The van der Waals surface area contributed by atoms with Gasteiger partial charge in [0.05, 0.1) is 20.1 Å². The van der Waals surface area contributed by atoms with Crippen LogP contribution in [-0.4, -0.2) is 86.5 Å². The van der Waals surface area contributed by atoms with Gasteiger partial charge in [-0.3, -0.25) is 19.3 Å². The minimum absolute atomic E-state index is 0.161. The third kappa shape index (κ3) is 6.60. The van der Waals surface area contributed by atoms with Crippen LogP contribution in [0.1, 0.15) is 6.42 Å². The molecule has 0 bridgehead atoms. The number of anilines is 2. The predicted molar refractivity (Wildman–Crippen MR) is 140 cm³/mol. The first-order chi connectivity index (χ1) is 17.3. The number of benzene rings is 2. The maximum absolute atomic E-state index is 13.2. The number of nitrogens with one attached hydrogen (secondary N) is 2. The average Bonchev–Trinajstić information content (AvgIpc) is 2.85. The monoisotopic (exact) mass is 533 g/mol. The second-order valence-electron chi connectivity index (χ2n) is 8.77. The highest BCUT2D eigenvalue weighted by atomic mass is 35.5. The minimum Gasteiger partial charge on any atom is -0.497 e. The molecule has 3 amide bonds. The van der Waals surface area contributed by atoms with Crippen LogP contribution in [0, 0.1) is 0 Å². The first-order valence-electron chi connectivity index (χ1n) is 11.8. The van der Waals surface area contributed by atoms with Crippen molar-refractivity contribution in [1.29, 1.82) is 0 Å². The number of ether oxygens (including phenoxy) is 1. The largest absolute Gasteiger partial charge is 0.497 e. The summed E-state index contributed by atoms with van der Waals surface area (Å²) >= 11 is 12.0. The summed E-state index contributed by atoms with van der Waals surface area (Å²) < 4.78 is 5.32. The topological polar surface area (TPSA) is 94.2 Å². The molecule has 192 valence electrons. The molecule has 36 heavy (non-hydrogen) atoms. The molecule has 2 fully saturated rings. The molecular formula is C25H29Cl2N5O4. The zero-order valence-electron chi connectivity index (χ0n) is 20.0. The van der Waals surface area contributed by atoms with E-state index in [1.165, 1.54) is 4.90 Å². The molecule has 2 aromatic carbocycles. The Morgan fingerprint density at radius 1 is 1.06 bits per heavy atom. The van der Waals surface area contributed by atoms with Gasteiger partial charge in [-0.05, 0) is 30.3 Å². The van der Waals surface area contributed by atoms with Crippen LogP contribution in [0.25, 0.3) is 0 Å². The Kier molecular flexibility index (Phi) is 8.56. The predicted octanol–water partition coefficient (Wildman–Crippen LogP) is 2.48. The van der Waals surface area contributed by atoms with Gasteiger partial charge in [-0.1, -0.05) is 29.3 Å². The molecular weight excluding hydrogens is 505 g/mol. The fourth-order valence-corrected chi connectivity index (χ4v) is 5.01. The van der Waals surface area contributed by atoms with E-state index in [9.17, 15) is 14.4 Å². The van der Waals surface area contributed by atoms with Crippen LogP contribution < -0.4 is 20.3 Å². The fraction of sp³-hybridized carbons (Fsp3) is 0.400. The Bertz CT molecular complexity index is 1100. The summed E-state index contributed by atoms with van der Waals surface area (Å²) in [5.74, 6) is -0.0953. The molecule has 2 heterocycles. The van der Waals surface area contributed by atoms with Crippen molar-refractivity contribution in [2.24, 2.45) is 0 Å². The van der Waals surface area contributed by atoms with E-state index in [2.05, 4.69) is 20.4 Å². The van der Waals surface area contributed by atoms with Crippen LogP contribution in [0.15, 0.2) is 42.5 Å². The maximum atomic E-state index is 13.2. The fourth-order valence-electron chi connectivity index (χ4n) is 4.48. The summed E-state index contributed by atoms with van der Waals surface area (Å²) in [6.45, 7) is 3.88. The lowest BCUT2D eigenvalue weighted by atomic mass is 10.1. The van der Waals surface area contributed by atoms with Crippen molar-refractivity contribution < 1.29 is 19.1 Å². The summed E-state index contributed by atoms with van der Waals surface area (Å²) in [7, 11) is 1.65. The highest BCUT2D eigenvalue weighted by Gasteiger charge is 2.35. The molecule has 9 nitrogen and oxygen atoms in total. The van der Waals surface area contributed by atoms with E-state index >= 15 is 0 Å². The standard InChI is InChI=1S/C25H29Cl2N5O4/c1-36-21-4-2-3-20(14-21)31-9-7-30(8-10-31)16-24(34)32-6-5-28-25(35)22(32)15-23(33)29-19-12-17(26)11-18(27)13-19/h2-4,11-14,22H,5-10,15-16H2,1H3,(H,28,35)(H,29,33). The quantitative estimate of drug-likeness (QED) is 0.567. The first-order valence-corrected chi connectivity index (χ1v) is 12.5. The SMILES string of the molecule is COc1cccc(N2CCN(CC(=O)N3CCNC(=O)C3CC(=O)Nc3cc(Cl)cc(Cl)c3)CC2)c1. The molecule has 2 saturated heterocycles. The minimum atomic E-state index is -0.876. The van der Waals surface area contributed by atoms with E-state index in [1.807, 2.05) is 24.3 Å². The normalized spacial score (nSPS) is 18.5. The first kappa shape index (κ1) is 26.1. The van der Waals surface area contributed by atoms with Crippen molar-refractivity contribution in [3.63, 3.8) is 0 Å². The molecule has 0 aromatic heterocycles. The summed E-state index contributed by atoms with van der Waals surface area (Å²) in [5, 5.41) is 6.24. The summed E-state index contributed by atoms with van der Waals surface area (Å²) in [6, 6.07) is 11.7. The van der Waals surface area contributed by atoms with Gasteiger partial charge in [0, 0.05) is 66.8 Å². The van der Waals surface area contributed by atoms with E-state index in [1.54, 1.807) is 25.3 Å². The Balaban J connectivity index is 1.33. The molecule has 4 rings (SSSR count). The van der Waals surface area contributed by atoms with Gasteiger partial charge in [0.25, 0.3) is 0 Å². The van der Waals surface area contributed by atoms with E-state index in [-0.39, 0.29) is 24.8 Å². The van der Waals surface area contributed by atoms with Crippen molar-refractivity contribution in [1.82, 2.24) is 15.1 Å². The molecule has 1 unspecified atom stereocenters. The van der Waals surface area contributed by atoms with Gasteiger partial charge >= 0.3 is 0 Å². The maximum Gasteiger partial charge on any atom is 0.243 e. The number of halogens is 2. The highest BCUT2D eigenvalue weighted by Crippen LogP contribution is 2.24. The van der Waals surface area contributed by atoms with Crippen molar-refractivity contribution in [2.75, 3.05) is 63.1 Å². The number of nitrogens with zero attached hydrogens (tertiary/aromatic N) is 3. The molecule has 11 heteroatoms. The zero-order chi connectivity index (χ0) is 25.7. The number of rotatable bonds is 7. The van der Waals surface area contributed by atoms with Gasteiger partial charge < -0.3 is 25.2 Å². The van der Waals surface area contributed by atoms with Gasteiger partial charge in [0.1, 0.15) is 11.8 Å². The third-order valence-corrected chi connectivity index (χ3v) is 6.76. The summed E-state index contributed by atoms with van der Waals surface area (Å²) in [6.07, 6.45) is -0.161.